The zero-order valence-corrected chi connectivity index (χ0v) is 12.1. The molecule has 4 nitrogen and oxygen atoms in total. The van der Waals surface area contributed by atoms with Crippen molar-refractivity contribution in [3.63, 3.8) is 0 Å². The van der Waals surface area contributed by atoms with Crippen LogP contribution in [0.2, 0.25) is 0 Å². The van der Waals surface area contributed by atoms with Crippen molar-refractivity contribution in [3.05, 3.63) is 36.4 Å². The minimum absolute atomic E-state index is 0.651. The highest BCUT2D eigenvalue weighted by Crippen LogP contribution is 2.45. The molecule has 0 unspecified atom stereocenters. The Balaban J connectivity index is 2.74. The van der Waals surface area contributed by atoms with Crippen molar-refractivity contribution in [2.24, 2.45) is 0 Å². The molecular weight excluding hydrogens is 256 g/mol. The Labute approximate surface area is 118 Å². The summed E-state index contributed by atoms with van der Waals surface area (Å²) in [5.74, 6) is 2.75. The molecule has 0 atom stereocenters. The number of para-hydroxylation sites is 1. The van der Waals surface area contributed by atoms with Gasteiger partial charge in [0.1, 0.15) is 11.5 Å². The Morgan fingerprint density at radius 1 is 0.600 bits per heavy atom. The Morgan fingerprint density at radius 2 is 1.10 bits per heavy atom. The van der Waals surface area contributed by atoms with E-state index in [1.54, 1.807) is 28.4 Å². The van der Waals surface area contributed by atoms with Gasteiger partial charge in [-0.1, -0.05) is 18.2 Å². The first-order valence-corrected chi connectivity index (χ1v) is 6.19. The number of hydrogen-bond donors (Lipinski definition) is 0. The van der Waals surface area contributed by atoms with Crippen LogP contribution in [0.4, 0.5) is 0 Å². The number of methoxy groups -OCH3 is 4. The molecule has 106 valence electrons. The zero-order valence-electron chi connectivity index (χ0n) is 12.1. The Morgan fingerprint density at radius 3 is 1.60 bits per heavy atom. The molecule has 2 rings (SSSR count). The first kappa shape index (κ1) is 14.1. The SMILES string of the molecule is COc1cccc(-c2c(OC)cccc2OC)c1OC. The highest BCUT2D eigenvalue weighted by atomic mass is 16.5. The van der Waals surface area contributed by atoms with E-state index in [0.717, 1.165) is 22.6 Å². The topological polar surface area (TPSA) is 36.9 Å². The minimum Gasteiger partial charge on any atom is -0.496 e. The van der Waals surface area contributed by atoms with E-state index in [1.807, 2.05) is 36.4 Å². The average molecular weight is 274 g/mol. The lowest BCUT2D eigenvalue weighted by Gasteiger charge is -2.17. The second kappa shape index (κ2) is 6.19. The number of rotatable bonds is 5. The van der Waals surface area contributed by atoms with E-state index in [9.17, 15) is 0 Å². The van der Waals surface area contributed by atoms with Crippen molar-refractivity contribution in [1.29, 1.82) is 0 Å². The third-order valence-electron chi connectivity index (χ3n) is 3.10. The van der Waals surface area contributed by atoms with Gasteiger partial charge in [0, 0.05) is 5.56 Å². The molecule has 0 aliphatic rings. The van der Waals surface area contributed by atoms with Crippen molar-refractivity contribution < 1.29 is 18.9 Å². The quantitative estimate of drug-likeness (QED) is 0.837. The molecule has 0 bridgehead atoms. The number of hydrogen-bond acceptors (Lipinski definition) is 4. The van der Waals surface area contributed by atoms with Crippen molar-refractivity contribution in [3.8, 4) is 34.1 Å². The molecule has 0 fully saturated rings. The van der Waals surface area contributed by atoms with Crippen LogP contribution in [-0.4, -0.2) is 28.4 Å². The van der Waals surface area contributed by atoms with Crippen LogP contribution in [0.25, 0.3) is 11.1 Å². The maximum Gasteiger partial charge on any atom is 0.168 e. The Hall–Kier alpha value is -2.36. The highest BCUT2D eigenvalue weighted by Gasteiger charge is 2.18. The molecule has 0 N–H and O–H groups in total. The van der Waals surface area contributed by atoms with Crippen LogP contribution in [0.1, 0.15) is 0 Å². The largest absolute Gasteiger partial charge is 0.496 e. The van der Waals surface area contributed by atoms with Gasteiger partial charge in [-0.3, -0.25) is 0 Å². The van der Waals surface area contributed by atoms with Crippen LogP contribution in [0.5, 0.6) is 23.0 Å². The second-order valence-corrected chi connectivity index (χ2v) is 4.08. The molecule has 2 aromatic rings. The van der Waals surface area contributed by atoms with E-state index in [1.165, 1.54) is 0 Å². The lowest BCUT2D eigenvalue weighted by molar-refractivity contribution is 0.355. The standard InChI is InChI=1S/C16H18O4/c1-17-12-8-6-9-13(18-2)15(12)11-7-5-10-14(19-3)16(11)20-4/h5-10H,1-4H3. The summed E-state index contributed by atoms with van der Waals surface area (Å²) in [6.07, 6.45) is 0. The van der Waals surface area contributed by atoms with Gasteiger partial charge in [0.05, 0.1) is 34.0 Å². The zero-order chi connectivity index (χ0) is 14.5. The third kappa shape index (κ3) is 2.37. The first-order valence-electron chi connectivity index (χ1n) is 6.19. The van der Waals surface area contributed by atoms with E-state index in [-0.39, 0.29) is 0 Å². The van der Waals surface area contributed by atoms with Crippen LogP contribution in [0.15, 0.2) is 36.4 Å². The molecule has 0 aliphatic carbocycles. The summed E-state index contributed by atoms with van der Waals surface area (Å²) in [6, 6.07) is 11.4. The Kier molecular flexibility index (Phi) is 4.35. The summed E-state index contributed by atoms with van der Waals surface area (Å²) in [6.45, 7) is 0. The van der Waals surface area contributed by atoms with Gasteiger partial charge >= 0.3 is 0 Å². The molecule has 20 heavy (non-hydrogen) atoms. The van der Waals surface area contributed by atoms with Crippen molar-refractivity contribution in [2.45, 2.75) is 0 Å². The highest BCUT2D eigenvalue weighted by molar-refractivity contribution is 5.83. The summed E-state index contributed by atoms with van der Waals surface area (Å²) < 4.78 is 21.7. The molecule has 0 aliphatic heterocycles. The van der Waals surface area contributed by atoms with Gasteiger partial charge in [0.2, 0.25) is 0 Å². The smallest absolute Gasteiger partial charge is 0.168 e. The minimum atomic E-state index is 0.651. The number of benzene rings is 2. The van der Waals surface area contributed by atoms with E-state index in [0.29, 0.717) is 11.5 Å². The summed E-state index contributed by atoms with van der Waals surface area (Å²) in [7, 11) is 6.49. The maximum absolute atomic E-state index is 5.48. The molecule has 0 spiro atoms. The van der Waals surface area contributed by atoms with Gasteiger partial charge in [-0.15, -0.1) is 0 Å². The second-order valence-electron chi connectivity index (χ2n) is 4.08. The first-order chi connectivity index (χ1) is 9.76. The van der Waals surface area contributed by atoms with Gasteiger partial charge in [0.25, 0.3) is 0 Å². The fourth-order valence-electron chi connectivity index (χ4n) is 2.20. The van der Waals surface area contributed by atoms with Gasteiger partial charge in [-0.25, -0.2) is 0 Å². The van der Waals surface area contributed by atoms with Gasteiger partial charge in [0.15, 0.2) is 11.5 Å². The lowest BCUT2D eigenvalue weighted by atomic mass is 10.0. The fraction of sp³-hybridized carbons (Fsp3) is 0.250. The summed E-state index contributed by atoms with van der Waals surface area (Å²) in [4.78, 5) is 0. The monoisotopic (exact) mass is 274 g/mol. The van der Waals surface area contributed by atoms with Gasteiger partial charge in [-0.2, -0.15) is 0 Å². The maximum atomic E-state index is 5.48. The Bertz CT molecular complexity index is 571. The summed E-state index contributed by atoms with van der Waals surface area (Å²) in [5, 5.41) is 0. The molecule has 0 aromatic heterocycles. The van der Waals surface area contributed by atoms with Crippen LogP contribution in [-0.2, 0) is 0 Å². The predicted octanol–water partition coefficient (Wildman–Crippen LogP) is 3.39. The molecule has 0 radical (unpaired) electrons. The summed E-state index contributed by atoms with van der Waals surface area (Å²) in [5.41, 5.74) is 1.70. The molecule has 0 saturated heterocycles. The molecule has 4 heteroatoms. The number of ether oxygens (including phenoxy) is 4. The van der Waals surface area contributed by atoms with E-state index in [4.69, 9.17) is 18.9 Å². The van der Waals surface area contributed by atoms with E-state index in [2.05, 4.69) is 0 Å². The van der Waals surface area contributed by atoms with E-state index < -0.39 is 0 Å². The van der Waals surface area contributed by atoms with E-state index >= 15 is 0 Å². The molecule has 0 heterocycles. The van der Waals surface area contributed by atoms with Crippen molar-refractivity contribution in [1.82, 2.24) is 0 Å². The summed E-state index contributed by atoms with van der Waals surface area (Å²) >= 11 is 0. The van der Waals surface area contributed by atoms with Crippen molar-refractivity contribution in [2.75, 3.05) is 28.4 Å². The van der Waals surface area contributed by atoms with Gasteiger partial charge < -0.3 is 18.9 Å². The van der Waals surface area contributed by atoms with Crippen LogP contribution < -0.4 is 18.9 Å². The van der Waals surface area contributed by atoms with Crippen LogP contribution >= 0.6 is 0 Å². The van der Waals surface area contributed by atoms with Crippen molar-refractivity contribution >= 4 is 0 Å². The predicted molar refractivity (Wildman–Crippen MR) is 78.1 cm³/mol. The molecule has 2 aromatic carbocycles. The normalized spacial score (nSPS) is 10.0. The average Bonchev–Trinajstić information content (AvgIpc) is 2.52. The van der Waals surface area contributed by atoms with Crippen LogP contribution in [0.3, 0.4) is 0 Å². The molecular formula is C16H18O4. The fourth-order valence-corrected chi connectivity index (χ4v) is 2.20. The third-order valence-corrected chi connectivity index (χ3v) is 3.10. The van der Waals surface area contributed by atoms with Gasteiger partial charge in [-0.05, 0) is 18.2 Å². The molecule has 0 amide bonds. The lowest BCUT2D eigenvalue weighted by Crippen LogP contribution is -1.97. The van der Waals surface area contributed by atoms with Crippen LogP contribution in [0, 0.1) is 0 Å². The molecule has 0 saturated carbocycles.